The van der Waals surface area contributed by atoms with Gasteiger partial charge in [-0.25, -0.2) is 4.39 Å². The third-order valence-corrected chi connectivity index (χ3v) is 3.21. The van der Waals surface area contributed by atoms with E-state index in [0.717, 1.165) is 12.1 Å². The van der Waals surface area contributed by atoms with E-state index in [-0.39, 0.29) is 11.7 Å². The van der Waals surface area contributed by atoms with Crippen LogP contribution in [0, 0.1) is 5.82 Å². The van der Waals surface area contributed by atoms with Gasteiger partial charge in [0.05, 0.1) is 16.7 Å². The lowest BCUT2D eigenvalue weighted by molar-refractivity contribution is -0.139. The fourth-order valence-electron chi connectivity index (χ4n) is 1.64. The molecule has 0 spiro atoms. The number of aromatic nitrogens is 2. The van der Waals surface area contributed by atoms with Crippen LogP contribution in [0.15, 0.2) is 22.7 Å². The summed E-state index contributed by atoms with van der Waals surface area (Å²) < 4.78 is 56.8. The SMILES string of the molecule is CCC(C)(N)c1noc(-c2cccc(C(F)(F)F)c2F)n1. The molecule has 0 saturated carbocycles. The van der Waals surface area contributed by atoms with Crippen molar-refractivity contribution < 1.29 is 22.1 Å². The summed E-state index contributed by atoms with van der Waals surface area (Å²) >= 11 is 0. The maximum Gasteiger partial charge on any atom is 0.419 e. The molecule has 0 aliphatic heterocycles. The zero-order valence-corrected chi connectivity index (χ0v) is 11.3. The summed E-state index contributed by atoms with van der Waals surface area (Å²) in [5, 5.41) is 3.61. The first kappa shape index (κ1) is 15.4. The van der Waals surface area contributed by atoms with Crippen LogP contribution in [-0.2, 0) is 11.7 Å². The van der Waals surface area contributed by atoms with Crippen molar-refractivity contribution in [3.63, 3.8) is 0 Å². The van der Waals surface area contributed by atoms with Crippen molar-refractivity contribution in [2.75, 3.05) is 0 Å². The van der Waals surface area contributed by atoms with Gasteiger partial charge in [0.1, 0.15) is 5.82 Å². The lowest BCUT2D eigenvalue weighted by atomic mass is 10.00. The Morgan fingerprint density at radius 2 is 1.95 bits per heavy atom. The van der Waals surface area contributed by atoms with E-state index in [1.54, 1.807) is 13.8 Å². The molecule has 0 fully saturated rings. The van der Waals surface area contributed by atoms with Gasteiger partial charge in [0.15, 0.2) is 5.82 Å². The third kappa shape index (κ3) is 2.90. The molecule has 0 aliphatic carbocycles. The molecule has 2 rings (SSSR count). The Balaban J connectivity index is 2.49. The van der Waals surface area contributed by atoms with E-state index in [4.69, 9.17) is 10.3 Å². The fourth-order valence-corrected chi connectivity index (χ4v) is 1.64. The maximum atomic E-state index is 14.0. The molecule has 1 aromatic carbocycles. The number of alkyl halides is 3. The van der Waals surface area contributed by atoms with Crippen molar-refractivity contribution in [2.24, 2.45) is 5.73 Å². The van der Waals surface area contributed by atoms with Gasteiger partial charge in [-0.3, -0.25) is 0 Å². The van der Waals surface area contributed by atoms with Crippen LogP contribution in [0.4, 0.5) is 17.6 Å². The van der Waals surface area contributed by atoms with Crippen LogP contribution in [0.2, 0.25) is 0 Å². The molecule has 114 valence electrons. The van der Waals surface area contributed by atoms with E-state index < -0.39 is 28.7 Å². The van der Waals surface area contributed by atoms with Gasteiger partial charge < -0.3 is 10.3 Å². The van der Waals surface area contributed by atoms with E-state index in [1.807, 2.05) is 0 Å². The summed E-state index contributed by atoms with van der Waals surface area (Å²) in [6.45, 7) is 3.44. The van der Waals surface area contributed by atoms with Gasteiger partial charge in [0.2, 0.25) is 0 Å². The lowest BCUT2D eigenvalue weighted by Crippen LogP contribution is -2.33. The molecule has 21 heavy (non-hydrogen) atoms. The Morgan fingerprint density at radius 1 is 1.29 bits per heavy atom. The lowest BCUT2D eigenvalue weighted by Gasteiger charge is -2.16. The molecule has 1 atom stereocenters. The molecule has 8 heteroatoms. The van der Waals surface area contributed by atoms with Gasteiger partial charge in [0, 0.05) is 0 Å². The Morgan fingerprint density at radius 3 is 2.52 bits per heavy atom. The van der Waals surface area contributed by atoms with Crippen molar-refractivity contribution >= 4 is 0 Å². The zero-order chi connectivity index (χ0) is 15.8. The number of rotatable bonds is 3. The van der Waals surface area contributed by atoms with Crippen LogP contribution in [0.25, 0.3) is 11.5 Å². The van der Waals surface area contributed by atoms with Crippen LogP contribution in [0.3, 0.4) is 0 Å². The van der Waals surface area contributed by atoms with Crippen molar-refractivity contribution in [3.8, 4) is 11.5 Å². The first-order valence-electron chi connectivity index (χ1n) is 6.16. The molecule has 0 bridgehead atoms. The molecular weight excluding hydrogens is 290 g/mol. The monoisotopic (exact) mass is 303 g/mol. The summed E-state index contributed by atoms with van der Waals surface area (Å²) in [6, 6.07) is 2.86. The predicted molar refractivity (Wildman–Crippen MR) is 66.5 cm³/mol. The van der Waals surface area contributed by atoms with Crippen LogP contribution in [0.5, 0.6) is 0 Å². The highest BCUT2D eigenvalue weighted by Crippen LogP contribution is 2.35. The minimum atomic E-state index is -4.80. The maximum absolute atomic E-state index is 14.0. The van der Waals surface area contributed by atoms with Crippen molar-refractivity contribution in [2.45, 2.75) is 32.0 Å². The second-order valence-electron chi connectivity index (χ2n) is 4.86. The quantitative estimate of drug-likeness (QED) is 0.882. The summed E-state index contributed by atoms with van der Waals surface area (Å²) in [4.78, 5) is 3.90. The van der Waals surface area contributed by atoms with E-state index in [9.17, 15) is 17.6 Å². The first-order valence-corrected chi connectivity index (χ1v) is 6.16. The molecule has 0 saturated heterocycles. The van der Waals surface area contributed by atoms with Gasteiger partial charge in [-0.05, 0) is 25.5 Å². The summed E-state index contributed by atoms with van der Waals surface area (Å²) in [7, 11) is 0. The van der Waals surface area contributed by atoms with E-state index >= 15 is 0 Å². The Bertz CT molecular complexity index is 649. The zero-order valence-electron chi connectivity index (χ0n) is 11.3. The summed E-state index contributed by atoms with van der Waals surface area (Å²) in [5.41, 5.74) is 3.21. The summed E-state index contributed by atoms with van der Waals surface area (Å²) in [6.07, 6.45) is -4.31. The van der Waals surface area contributed by atoms with Crippen molar-refractivity contribution in [1.82, 2.24) is 10.1 Å². The van der Waals surface area contributed by atoms with Crippen LogP contribution < -0.4 is 5.73 Å². The molecule has 1 heterocycles. The average molecular weight is 303 g/mol. The molecule has 2 N–H and O–H groups in total. The molecule has 1 aromatic heterocycles. The number of hydrogen-bond acceptors (Lipinski definition) is 4. The van der Waals surface area contributed by atoms with Gasteiger partial charge in [-0.15, -0.1) is 0 Å². The molecule has 0 amide bonds. The highest BCUT2D eigenvalue weighted by Gasteiger charge is 2.36. The summed E-state index contributed by atoms with van der Waals surface area (Å²) in [5.74, 6) is -1.68. The number of halogens is 4. The average Bonchev–Trinajstić information content (AvgIpc) is 2.87. The fraction of sp³-hybridized carbons (Fsp3) is 0.385. The number of nitrogens with two attached hydrogens (primary N) is 1. The van der Waals surface area contributed by atoms with Gasteiger partial charge in [-0.2, -0.15) is 18.2 Å². The normalized spacial score (nSPS) is 15.0. The molecular formula is C13H13F4N3O. The first-order chi connectivity index (χ1) is 9.66. The largest absolute Gasteiger partial charge is 0.419 e. The Labute approximate surface area is 118 Å². The minimum Gasteiger partial charge on any atom is -0.334 e. The van der Waals surface area contributed by atoms with Crippen LogP contribution in [0.1, 0.15) is 31.7 Å². The molecule has 0 radical (unpaired) electrons. The Kier molecular flexibility index (Phi) is 3.75. The number of hydrogen-bond donors (Lipinski definition) is 1. The standard InChI is InChI=1S/C13H13F4N3O/c1-3-12(2,18)11-19-10(21-20-11)7-5-4-6-8(9(7)14)13(15,16)17/h4-6H,3,18H2,1-2H3. The Hall–Kier alpha value is -1.96. The number of nitrogens with zero attached hydrogens (tertiary/aromatic N) is 2. The van der Waals surface area contributed by atoms with E-state index in [1.165, 1.54) is 0 Å². The van der Waals surface area contributed by atoms with Gasteiger partial charge >= 0.3 is 6.18 Å². The van der Waals surface area contributed by atoms with E-state index in [0.29, 0.717) is 12.5 Å². The highest BCUT2D eigenvalue weighted by atomic mass is 19.4. The van der Waals surface area contributed by atoms with Gasteiger partial charge in [0.25, 0.3) is 5.89 Å². The number of benzene rings is 1. The minimum absolute atomic E-state index is 0.108. The molecule has 2 aromatic rings. The molecule has 4 nitrogen and oxygen atoms in total. The van der Waals surface area contributed by atoms with Crippen LogP contribution in [-0.4, -0.2) is 10.1 Å². The van der Waals surface area contributed by atoms with Crippen molar-refractivity contribution in [1.29, 1.82) is 0 Å². The second-order valence-corrected chi connectivity index (χ2v) is 4.86. The molecule has 1 unspecified atom stereocenters. The highest BCUT2D eigenvalue weighted by molar-refractivity contribution is 5.56. The van der Waals surface area contributed by atoms with Crippen molar-refractivity contribution in [3.05, 3.63) is 35.4 Å². The van der Waals surface area contributed by atoms with Crippen LogP contribution >= 0.6 is 0 Å². The predicted octanol–water partition coefficient (Wildman–Crippen LogP) is 3.48. The smallest absolute Gasteiger partial charge is 0.334 e. The second kappa shape index (κ2) is 5.10. The van der Waals surface area contributed by atoms with Gasteiger partial charge in [-0.1, -0.05) is 18.1 Å². The topological polar surface area (TPSA) is 64.9 Å². The molecule has 0 aliphatic rings. The van der Waals surface area contributed by atoms with E-state index in [2.05, 4.69) is 10.1 Å². The third-order valence-electron chi connectivity index (χ3n) is 3.21.